The Labute approximate surface area is 101 Å². The van der Waals surface area contributed by atoms with Crippen molar-refractivity contribution in [3.05, 3.63) is 23.8 Å². The van der Waals surface area contributed by atoms with Gasteiger partial charge >= 0.3 is 6.29 Å². The van der Waals surface area contributed by atoms with Crippen molar-refractivity contribution in [1.82, 2.24) is 0 Å². The molecule has 1 aliphatic heterocycles. The molecular formula is C11H12F2O5. The molecule has 1 aromatic carbocycles. The highest BCUT2D eigenvalue weighted by molar-refractivity contribution is 5.45. The van der Waals surface area contributed by atoms with Crippen molar-refractivity contribution in [2.45, 2.75) is 24.9 Å². The Morgan fingerprint density at radius 2 is 1.83 bits per heavy atom. The number of rotatable bonds is 4. The number of ether oxygens (including phenoxy) is 2. The van der Waals surface area contributed by atoms with Crippen molar-refractivity contribution >= 4 is 0 Å². The van der Waals surface area contributed by atoms with Gasteiger partial charge in [-0.05, 0) is 24.1 Å². The summed E-state index contributed by atoms with van der Waals surface area (Å²) in [5, 5.41) is 27.9. The Balaban J connectivity index is 2.18. The normalized spacial score (nSPS) is 19.6. The van der Waals surface area contributed by atoms with Crippen LogP contribution in [0.15, 0.2) is 18.2 Å². The molecule has 0 saturated carbocycles. The van der Waals surface area contributed by atoms with E-state index in [-0.39, 0.29) is 30.1 Å². The summed E-state index contributed by atoms with van der Waals surface area (Å²) >= 11 is 0. The molecule has 2 rings (SSSR count). The van der Waals surface area contributed by atoms with E-state index in [2.05, 4.69) is 9.47 Å². The van der Waals surface area contributed by atoms with Gasteiger partial charge in [-0.2, -0.15) is 0 Å². The minimum absolute atomic E-state index is 0.0221. The molecule has 0 bridgehead atoms. The van der Waals surface area contributed by atoms with Crippen LogP contribution in [0.5, 0.6) is 11.5 Å². The summed E-state index contributed by atoms with van der Waals surface area (Å²) in [4.78, 5) is 0. The maximum atomic E-state index is 12.8. The molecule has 0 spiro atoms. The van der Waals surface area contributed by atoms with Gasteiger partial charge in [0.05, 0.1) is 6.10 Å². The molecular weight excluding hydrogens is 250 g/mol. The Hall–Kier alpha value is -1.44. The lowest BCUT2D eigenvalue weighted by molar-refractivity contribution is -0.286. The van der Waals surface area contributed by atoms with Crippen molar-refractivity contribution in [1.29, 1.82) is 0 Å². The van der Waals surface area contributed by atoms with Gasteiger partial charge in [0.15, 0.2) is 11.5 Å². The van der Waals surface area contributed by atoms with Gasteiger partial charge in [0, 0.05) is 6.61 Å². The van der Waals surface area contributed by atoms with E-state index in [1.807, 2.05) is 0 Å². The zero-order valence-corrected chi connectivity index (χ0v) is 9.22. The molecule has 2 unspecified atom stereocenters. The zero-order valence-electron chi connectivity index (χ0n) is 9.22. The third-order valence-corrected chi connectivity index (χ3v) is 2.56. The standard InChI is InChI=1S/C11H12F2O5/c12-11(13)17-8-2-1-6(5-9(8)18-11)10(16)7(15)3-4-14/h1-2,5,7,10,14-16H,3-4H2. The van der Waals surface area contributed by atoms with Crippen molar-refractivity contribution in [3.8, 4) is 11.5 Å². The largest absolute Gasteiger partial charge is 0.586 e. The summed E-state index contributed by atoms with van der Waals surface area (Å²) in [5.41, 5.74) is 0.205. The van der Waals surface area contributed by atoms with Gasteiger partial charge in [-0.3, -0.25) is 0 Å². The third-order valence-electron chi connectivity index (χ3n) is 2.56. The van der Waals surface area contributed by atoms with Gasteiger partial charge in [-0.1, -0.05) is 6.07 Å². The fraction of sp³-hybridized carbons (Fsp3) is 0.455. The first-order valence-corrected chi connectivity index (χ1v) is 5.30. The van der Waals surface area contributed by atoms with E-state index >= 15 is 0 Å². The molecule has 18 heavy (non-hydrogen) atoms. The molecule has 5 nitrogen and oxygen atoms in total. The molecule has 0 fully saturated rings. The van der Waals surface area contributed by atoms with Crippen LogP contribution < -0.4 is 9.47 Å². The van der Waals surface area contributed by atoms with E-state index < -0.39 is 18.5 Å². The predicted octanol–water partition coefficient (Wildman–Crippen LogP) is 0.785. The summed E-state index contributed by atoms with van der Waals surface area (Å²) in [5.74, 6) is -0.333. The van der Waals surface area contributed by atoms with Crippen LogP contribution in [-0.4, -0.2) is 34.3 Å². The SMILES string of the molecule is OCCC(O)C(O)c1ccc2c(c1)OC(F)(F)O2. The maximum Gasteiger partial charge on any atom is 0.586 e. The van der Waals surface area contributed by atoms with E-state index in [9.17, 15) is 19.0 Å². The lowest BCUT2D eigenvalue weighted by Gasteiger charge is -2.17. The molecule has 0 saturated heterocycles. The first kappa shape index (κ1) is 13.0. The average Bonchev–Trinajstić information content (AvgIpc) is 2.60. The molecule has 3 N–H and O–H groups in total. The Bertz CT molecular complexity index is 437. The number of fused-ring (bicyclic) bond motifs is 1. The second-order valence-corrected chi connectivity index (χ2v) is 3.90. The first-order chi connectivity index (χ1) is 8.43. The van der Waals surface area contributed by atoms with Gasteiger partial charge in [0.25, 0.3) is 0 Å². The topological polar surface area (TPSA) is 79.2 Å². The summed E-state index contributed by atoms with van der Waals surface area (Å²) < 4.78 is 33.9. The lowest BCUT2D eigenvalue weighted by Crippen LogP contribution is -2.26. The van der Waals surface area contributed by atoms with Crippen LogP contribution in [0, 0.1) is 0 Å². The minimum atomic E-state index is -3.71. The Kier molecular flexibility index (Phi) is 3.38. The molecule has 0 amide bonds. The summed E-state index contributed by atoms with van der Waals surface area (Å²) in [6, 6.07) is 3.73. The smallest absolute Gasteiger partial charge is 0.396 e. The van der Waals surface area contributed by atoms with Crippen LogP contribution >= 0.6 is 0 Å². The fourth-order valence-electron chi connectivity index (χ4n) is 1.66. The van der Waals surface area contributed by atoms with Crippen LogP contribution in [0.4, 0.5) is 8.78 Å². The number of hydrogen-bond donors (Lipinski definition) is 3. The number of hydrogen-bond acceptors (Lipinski definition) is 5. The monoisotopic (exact) mass is 262 g/mol. The van der Waals surface area contributed by atoms with Gasteiger partial charge in [0.2, 0.25) is 0 Å². The Morgan fingerprint density at radius 1 is 1.17 bits per heavy atom. The van der Waals surface area contributed by atoms with E-state index in [4.69, 9.17) is 5.11 Å². The summed E-state index contributed by atoms with van der Waals surface area (Å²) in [6.07, 6.45) is -6.21. The van der Waals surface area contributed by atoms with Crippen molar-refractivity contribution in [2.24, 2.45) is 0 Å². The molecule has 1 heterocycles. The van der Waals surface area contributed by atoms with Crippen LogP contribution in [0.25, 0.3) is 0 Å². The van der Waals surface area contributed by atoms with Gasteiger partial charge in [-0.25, -0.2) is 0 Å². The molecule has 0 aromatic heterocycles. The third kappa shape index (κ3) is 2.53. The number of benzene rings is 1. The molecule has 0 radical (unpaired) electrons. The van der Waals surface area contributed by atoms with E-state index in [0.29, 0.717) is 0 Å². The predicted molar refractivity (Wildman–Crippen MR) is 55.3 cm³/mol. The molecule has 1 aromatic rings. The minimum Gasteiger partial charge on any atom is -0.396 e. The van der Waals surface area contributed by atoms with Crippen LogP contribution in [0.2, 0.25) is 0 Å². The van der Waals surface area contributed by atoms with Gasteiger partial charge in [-0.15, -0.1) is 8.78 Å². The molecule has 0 aliphatic carbocycles. The molecule has 2 atom stereocenters. The highest BCUT2D eigenvalue weighted by Gasteiger charge is 2.43. The van der Waals surface area contributed by atoms with Crippen molar-refractivity contribution < 1.29 is 33.6 Å². The van der Waals surface area contributed by atoms with Crippen LogP contribution in [0.1, 0.15) is 18.1 Å². The highest BCUT2D eigenvalue weighted by Crippen LogP contribution is 2.42. The number of halogens is 2. The molecule has 1 aliphatic rings. The van der Waals surface area contributed by atoms with Crippen molar-refractivity contribution in [2.75, 3.05) is 6.61 Å². The quantitative estimate of drug-likeness (QED) is 0.747. The first-order valence-electron chi connectivity index (χ1n) is 5.30. The van der Waals surface area contributed by atoms with Crippen LogP contribution in [-0.2, 0) is 0 Å². The van der Waals surface area contributed by atoms with Crippen molar-refractivity contribution in [3.63, 3.8) is 0 Å². The summed E-state index contributed by atoms with van der Waals surface area (Å²) in [7, 11) is 0. The highest BCUT2D eigenvalue weighted by atomic mass is 19.3. The Morgan fingerprint density at radius 3 is 2.50 bits per heavy atom. The van der Waals surface area contributed by atoms with E-state index in [0.717, 1.165) is 0 Å². The van der Waals surface area contributed by atoms with Gasteiger partial charge in [0.1, 0.15) is 6.10 Å². The number of aliphatic hydroxyl groups excluding tert-OH is 3. The van der Waals surface area contributed by atoms with E-state index in [1.54, 1.807) is 0 Å². The van der Waals surface area contributed by atoms with E-state index in [1.165, 1.54) is 18.2 Å². The maximum absolute atomic E-state index is 12.8. The molecule has 100 valence electrons. The zero-order chi connectivity index (χ0) is 13.3. The second-order valence-electron chi connectivity index (χ2n) is 3.90. The van der Waals surface area contributed by atoms with Gasteiger partial charge < -0.3 is 24.8 Å². The average molecular weight is 262 g/mol. The lowest BCUT2D eigenvalue weighted by atomic mass is 10.0. The summed E-state index contributed by atoms with van der Waals surface area (Å²) in [6.45, 7) is -0.291. The molecule has 7 heteroatoms. The second kappa shape index (κ2) is 4.68. The number of alkyl halides is 2. The fourth-order valence-corrected chi connectivity index (χ4v) is 1.66. The number of aliphatic hydroxyl groups is 3. The van der Waals surface area contributed by atoms with Crippen LogP contribution in [0.3, 0.4) is 0 Å².